The van der Waals surface area contributed by atoms with Crippen molar-refractivity contribution >= 4 is 11.8 Å². The number of amides is 2. The molecule has 0 atom stereocenters. The summed E-state index contributed by atoms with van der Waals surface area (Å²) in [6.45, 7) is 2.97. The molecule has 0 aromatic heterocycles. The van der Waals surface area contributed by atoms with Crippen molar-refractivity contribution in [3.63, 3.8) is 0 Å². The molecule has 19 heavy (non-hydrogen) atoms. The zero-order valence-electron chi connectivity index (χ0n) is 11.3. The summed E-state index contributed by atoms with van der Waals surface area (Å²) in [5, 5.41) is 0. The van der Waals surface area contributed by atoms with E-state index in [1.807, 2.05) is 0 Å². The molecule has 0 radical (unpaired) electrons. The maximum atomic E-state index is 10.4. The number of carbonyl (C=O) groups excluding carboxylic acids is 2. The second kappa shape index (κ2) is 13.3. The minimum atomic E-state index is -0.312. The molecule has 0 aliphatic heterocycles. The van der Waals surface area contributed by atoms with Gasteiger partial charge in [-0.3, -0.25) is 9.59 Å². The van der Waals surface area contributed by atoms with Gasteiger partial charge in [-0.2, -0.15) is 0 Å². The largest absolute Gasteiger partial charge is 0.379 e. The van der Waals surface area contributed by atoms with Crippen molar-refractivity contribution in [1.82, 2.24) is 0 Å². The fourth-order valence-electron chi connectivity index (χ4n) is 1.24. The molecule has 112 valence electrons. The summed E-state index contributed by atoms with van der Waals surface area (Å²) in [4.78, 5) is 20.8. The van der Waals surface area contributed by atoms with Gasteiger partial charge in [0.15, 0.2) is 0 Å². The van der Waals surface area contributed by atoms with Gasteiger partial charge in [-0.15, -0.1) is 0 Å². The Labute approximate surface area is 113 Å². The number of hydrogen-bond donors (Lipinski definition) is 2. The van der Waals surface area contributed by atoms with Gasteiger partial charge in [0, 0.05) is 26.1 Å². The van der Waals surface area contributed by atoms with Gasteiger partial charge >= 0.3 is 0 Å². The lowest BCUT2D eigenvalue weighted by Crippen LogP contribution is -2.13. The molecule has 0 aliphatic carbocycles. The van der Waals surface area contributed by atoms with Gasteiger partial charge in [-0.05, 0) is 12.8 Å². The van der Waals surface area contributed by atoms with E-state index >= 15 is 0 Å². The van der Waals surface area contributed by atoms with Crippen molar-refractivity contribution in [2.45, 2.75) is 25.7 Å². The van der Waals surface area contributed by atoms with Crippen LogP contribution in [0.2, 0.25) is 0 Å². The molecule has 2 amide bonds. The van der Waals surface area contributed by atoms with Crippen LogP contribution in [0.25, 0.3) is 0 Å². The molecule has 0 rings (SSSR count). The van der Waals surface area contributed by atoms with E-state index in [0.29, 0.717) is 65.3 Å². The van der Waals surface area contributed by atoms with E-state index < -0.39 is 0 Å². The van der Waals surface area contributed by atoms with E-state index in [9.17, 15) is 9.59 Å². The van der Waals surface area contributed by atoms with E-state index in [2.05, 4.69) is 0 Å². The normalized spacial score (nSPS) is 10.5. The van der Waals surface area contributed by atoms with Gasteiger partial charge in [0.25, 0.3) is 0 Å². The van der Waals surface area contributed by atoms with Crippen molar-refractivity contribution in [3.8, 4) is 0 Å². The van der Waals surface area contributed by atoms with E-state index in [0.717, 1.165) is 0 Å². The summed E-state index contributed by atoms with van der Waals surface area (Å²) in [7, 11) is 0. The topological polar surface area (TPSA) is 114 Å². The Morgan fingerprint density at radius 1 is 0.632 bits per heavy atom. The average Bonchev–Trinajstić information content (AvgIpc) is 2.34. The fraction of sp³-hybridized carbons (Fsp3) is 0.833. The molecular weight excluding hydrogens is 252 g/mol. The van der Waals surface area contributed by atoms with Gasteiger partial charge in [-0.25, -0.2) is 0 Å². The lowest BCUT2D eigenvalue weighted by atomic mass is 10.3. The Balaban J connectivity index is 2.99. The molecule has 0 heterocycles. The van der Waals surface area contributed by atoms with Gasteiger partial charge < -0.3 is 25.7 Å². The van der Waals surface area contributed by atoms with Crippen LogP contribution in [0, 0.1) is 0 Å². The number of ether oxygens (including phenoxy) is 3. The Hall–Kier alpha value is -1.18. The Bertz CT molecular complexity index is 224. The number of rotatable bonds is 14. The Kier molecular flexibility index (Phi) is 12.4. The van der Waals surface area contributed by atoms with E-state index in [1.54, 1.807) is 0 Å². The van der Waals surface area contributed by atoms with Crippen LogP contribution in [0.5, 0.6) is 0 Å². The predicted octanol–water partition coefficient (Wildman–Crippen LogP) is -0.433. The van der Waals surface area contributed by atoms with Crippen LogP contribution in [0.3, 0.4) is 0 Å². The summed E-state index contributed by atoms with van der Waals surface area (Å²) in [6, 6.07) is 0. The van der Waals surface area contributed by atoms with Gasteiger partial charge in [0.05, 0.1) is 26.4 Å². The Morgan fingerprint density at radius 2 is 0.947 bits per heavy atom. The highest BCUT2D eigenvalue weighted by Crippen LogP contribution is 1.90. The maximum absolute atomic E-state index is 10.4. The van der Waals surface area contributed by atoms with Crippen molar-refractivity contribution in [2.75, 3.05) is 39.6 Å². The minimum Gasteiger partial charge on any atom is -0.379 e. The lowest BCUT2D eigenvalue weighted by molar-refractivity contribution is -0.119. The SMILES string of the molecule is NC(=O)CCCOCCOCCOCCCC(N)=O. The molecule has 4 N–H and O–H groups in total. The van der Waals surface area contributed by atoms with Crippen LogP contribution in [0.15, 0.2) is 0 Å². The molecular formula is C12H24N2O5. The van der Waals surface area contributed by atoms with E-state index in [-0.39, 0.29) is 11.8 Å². The predicted molar refractivity (Wildman–Crippen MR) is 69.3 cm³/mol. The van der Waals surface area contributed by atoms with Gasteiger partial charge in [0.2, 0.25) is 11.8 Å². The summed E-state index contributed by atoms with van der Waals surface area (Å²) >= 11 is 0. The fourth-order valence-corrected chi connectivity index (χ4v) is 1.24. The van der Waals surface area contributed by atoms with Gasteiger partial charge in [0.1, 0.15) is 0 Å². The number of hydrogen-bond acceptors (Lipinski definition) is 5. The molecule has 0 fully saturated rings. The zero-order chi connectivity index (χ0) is 14.3. The number of primary amides is 2. The first-order valence-electron chi connectivity index (χ1n) is 6.42. The highest BCUT2D eigenvalue weighted by atomic mass is 16.5. The summed E-state index contributed by atoms with van der Waals surface area (Å²) in [5.74, 6) is -0.623. The highest BCUT2D eigenvalue weighted by molar-refractivity contribution is 5.73. The third-order valence-corrected chi connectivity index (χ3v) is 2.17. The molecule has 0 aromatic carbocycles. The molecule has 0 unspecified atom stereocenters. The van der Waals surface area contributed by atoms with E-state index in [1.165, 1.54) is 0 Å². The average molecular weight is 276 g/mol. The lowest BCUT2D eigenvalue weighted by Gasteiger charge is -2.06. The Morgan fingerprint density at radius 3 is 1.26 bits per heavy atom. The maximum Gasteiger partial charge on any atom is 0.217 e. The molecule has 7 heteroatoms. The van der Waals surface area contributed by atoms with Crippen LogP contribution in [0.4, 0.5) is 0 Å². The van der Waals surface area contributed by atoms with Crippen LogP contribution in [-0.2, 0) is 23.8 Å². The minimum absolute atomic E-state index is 0.312. The summed E-state index contributed by atoms with van der Waals surface area (Å²) in [5.41, 5.74) is 9.96. The van der Waals surface area contributed by atoms with Crippen molar-refractivity contribution in [1.29, 1.82) is 0 Å². The molecule has 0 saturated carbocycles. The molecule has 7 nitrogen and oxygen atoms in total. The molecule has 0 bridgehead atoms. The first kappa shape index (κ1) is 17.8. The van der Waals surface area contributed by atoms with Crippen LogP contribution in [0.1, 0.15) is 25.7 Å². The quantitative estimate of drug-likeness (QED) is 0.418. The third-order valence-electron chi connectivity index (χ3n) is 2.17. The van der Waals surface area contributed by atoms with Crippen molar-refractivity contribution < 1.29 is 23.8 Å². The van der Waals surface area contributed by atoms with Crippen molar-refractivity contribution in [3.05, 3.63) is 0 Å². The monoisotopic (exact) mass is 276 g/mol. The van der Waals surface area contributed by atoms with E-state index in [4.69, 9.17) is 25.7 Å². The second-order valence-corrected chi connectivity index (χ2v) is 3.98. The van der Waals surface area contributed by atoms with Crippen LogP contribution < -0.4 is 11.5 Å². The first-order chi connectivity index (χ1) is 9.13. The standard InChI is InChI=1S/C12H24N2O5/c13-11(15)3-1-5-17-7-9-19-10-8-18-6-2-4-12(14)16/h1-10H2,(H2,13,15)(H2,14,16). The smallest absolute Gasteiger partial charge is 0.217 e. The molecule has 0 aliphatic rings. The van der Waals surface area contributed by atoms with Crippen LogP contribution in [-0.4, -0.2) is 51.5 Å². The summed E-state index contributed by atoms with van der Waals surface area (Å²) < 4.78 is 15.7. The first-order valence-corrected chi connectivity index (χ1v) is 6.42. The van der Waals surface area contributed by atoms with Crippen molar-refractivity contribution in [2.24, 2.45) is 11.5 Å². The molecule has 0 aromatic rings. The molecule has 0 spiro atoms. The molecule has 0 saturated heterocycles. The highest BCUT2D eigenvalue weighted by Gasteiger charge is 1.96. The van der Waals surface area contributed by atoms with Crippen LogP contribution >= 0.6 is 0 Å². The van der Waals surface area contributed by atoms with Gasteiger partial charge in [-0.1, -0.05) is 0 Å². The second-order valence-electron chi connectivity index (χ2n) is 3.98. The number of nitrogens with two attached hydrogens (primary N) is 2. The zero-order valence-corrected chi connectivity index (χ0v) is 11.3. The third kappa shape index (κ3) is 16.8. The summed E-state index contributed by atoms with van der Waals surface area (Å²) in [6.07, 6.45) is 1.97. The number of carbonyl (C=O) groups is 2.